The van der Waals surface area contributed by atoms with E-state index in [4.69, 9.17) is 6.42 Å². The Morgan fingerprint density at radius 2 is 1.85 bits per heavy atom. The molecule has 1 aromatic heterocycles. The van der Waals surface area contributed by atoms with Crippen molar-refractivity contribution in [1.29, 1.82) is 0 Å². The molecule has 0 unspecified atom stereocenters. The van der Waals surface area contributed by atoms with Gasteiger partial charge in [-0.1, -0.05) is 24.1 Å². The Balaban J connectivity index is 1.81. The summed E-state index contributed by atoms with van der Waals surface area (Å²) in [5.41, 5.74) is 0.696. The second-order valence-corrected chi connectivity index (χ2v) is 5.47. The van der Waals surface area contributed by atoms with Crippen molar-refractivity contribution in [2.24, 2.45) is 0 Å². The number of nitrogens with zero attached hydrogens (tertiary/aromatic N) is 2. The van der Waals surface area contributed by atoms with Crippen LogP contribution in [0.2, 0.25) is 0 Å². The Kier molecular flexibility index (Phi) is 4.94. The third-order valence-corrected chi connectivity index (χ3v) is 3.70. The zero-order valence-electron chi connectivity index (χ0n) is 13.7. The molecule has 130 valence electrons. The maximum absolute atomic E-state index is 12.9. The highest BCUT2D eigenvalue weighted by Crippen LogP contribution is 2.13. The predicted molar refractivity (Wildman–Crippen MR) is 97.1 cm³/mol. The van der Waals surface area contributed by atoms with Crippen LogP contribution in [-0.2, 0) is 13.1 Å². The molecule has 0 aliphatic rings. The molecule has 0 saturated heterocycles. The summed E-state index contributed by atoms with van der Waals surface area (Å²) in [6.07, 6.45) is 5.29. The lowest BCUT2D eigenvalue weighted by Crippen LogP contribution is -2.31. The number of anilines is 1. The number of rotatable bonds is 4. The third kappa shape index (κ3) is 3.70. The Morgan fingerprint density at radius 3 is 2.54 bits per heavy atom. The number of carbonyl (C=O) groups is 1. The average molecular weight is 350 g/mol. The van der Waals surface area contributed by atoms with E-state index in [1.807, 2.05) is 0 Å². The number of terminal acetylenes is 1. The molecular formula is C19H15FN4O2. The van der Waals surface area contributed by atoms with Gasteiger partial charge in [-0.15, -0.1) is 6.42 Å². The van der Waals surface area contributed by atoms with Crippen LogP contribution in [-0.4, -0.2) is 15.8 Å². The van der Waals surface area contributed by atoms with Crippen LogP contribution in [0, 0.1) is 18.2 Å². The second kappa shape index (κ2) is 7.49. The summed E-state index contributed by atoms with van der Waals surface area (Å²) in [6, 6.07) is 11.9. The standard InChI is InChI=1S/C19H15FN4O2/c1-2-11-24-18(25)16-6-4-3-5-15(16)17(23-24)12-21-19(26)22-14-9-7-13(20)8-10-14/h1,3-10H,11-12H2,(H2,21,22,26). The van der Waals surface area contributed by atoms with E-state index in [1.54, 1.807) is 24.3 Å². The molecule has 3 aromatic rings. The van der Waals surface area contributed by atoms with Gasteiger partial charge in [0.2, 0.25) is 0 Å². The molecule has 26 heavy (non-hydrogen) atoms. The molecular weight excluding hydrogens is 335 g/mol. The van der Waals surface area contributed by atoms with Gasteiger partial charge in [-0.2, -0.15) is 5.10 Å². The first-order valence-corrected chi connectivity index (χ1v) is 7.81. The molecule has 1 heterocycles. The third-order valence-electron chi connectivity index (χ3n) is 3.70. The smallest absolute Gasteiger partial charge is 0.319 e. The second-order valence-electron chi connectivity index (χ2n) is 5.47. The molecule has 2 aromatic carbocycles. The molecule has 0 atom stereocenters. The molecule has 0 bridgehead atoms. The van der Waals surface area contributed by atoms with E-state index in [0.717, 1.165) is 0 Å². The Hall–Kier alpha value is -3.66. The lowest BCUT2D eigenvalue weighted by molar-refractivity contribution is 0.251. The average Bonchev–Trinajstić information content (AvgIpc) is 2.65. The summed E-state index contributed by atoms with van der Waals surface area (Å²) >= 11 is 0. The highest BCUT2D eigenvalue weighted by atomic mass is 19.1. The number of halogens is 1. The van der Waals surface area contributed by atoms with Gasteiger partial charge in [-0.3, -0.25) is 4.79 Å². The number of fused-ring (bicyclic) bond motifs is 1. The molecule has 6 nitrogen and oxygen atoms in total. The maximum atomic E-state index is 12.9. The van der Waals surface area contributed by atoms with Crippen molar-refractivity contribution >= 4 is 22.5 Å². The largest absolute Gasteiger partial charge is 0.332 e. The summed E-state index contributed by atoms with van der Waals surface area (Å²) in [6.45, 7) is 0.136. The predicted octanol–water partition coefficient (Wildman–Crippen LogP) is 2.49. The fraction of sp³-hybridized carbons (Fsp3) is 0.105. The molecule has 3 rings (SSSR count). The van der Waals surface area contributed by atoms with Crippen molar-refractivity contribution in [2.75, 3.05) is 5.32 Å². The first-order chi connectivity index (χ1) is 12.6. The molecule has 0 fully saturated rings. The number of hydrogen-bond acceptors (Lipinski definition) is 3. The van der Waals surface area contributed by atoms with E-state index >= 15 is 0 Å². The molecule has 2 amide bonds. The number of urea groups is 1. The van der Waals surface area contributed by atoms with E-state index in [2.05, 4.69) is 21.7 Å². The summed E-state index contributed by atoms with van der Waals surface area (Å²) in [5.74, 6) is 2.00. The van der Waals surface area contributed by atoms with Crippen LogP contribution in [0.1, 0.15) is 5.69 Å². The minimum Gasteiger partial charge on any atom is -0.332 e. The number of hydrogen-bond donors (Lipinski definition) is 2. The van der Waals surface area contributed by atoms with Crippen LogP contribution in [0.3, 0.4) is 0 Å². The van der Waals surface area contributed by atoms with Crippen molar-refractivity contribution in [1.82, 2.24) is 15.1 Å². The number of carbonyl (C=O) groups excluding carboxylic acids is 1. The lowest BCUT2D eigenvalue weighted by atomic mass is 10.1. The normalized spacial score (nSPS) is 10.3. The van der Waals surface area contributed by atoms with E-state index < -0.39 is 6.03 Å². The van der Waals surface area contributed by atoms with E-state index in [0.29, 0.717) is 22.2 Å². The zero-order chi connectivity index (χ0) is 18.5. The topological polar surface area (TPSA) is 76.0 Å². The Bertz CT molecular complexity index is 1050. The number of benzene rings is 2. The molecule has 0 spiro atoms. The molecule has 0 radical (unpaired) electrons. The van der Waals surface area contributed by atoms with E-state index in [9.17, 15) is 14.0 Å². The van der Waals surface area contributed by atoms with Crippen molar-refractivity contribution in [2.45, 2.75) is 13.1 Å². The first kappa shape index (κ1) is 17.2. The van der Waals surface area contributed by atoms with Crippen LogP contribution < -0.4 is 16.2 Å². The molecule has 0 aliphatic heterocycles. The fourth-order valence-electron chi connectivity index (χ4n) is 2.50. The fourth-order valence-corrected chi connectivity index (χ4v) is 2.50. The quantitative estimate of drug-likeness (QED) is 0.710. The number of aromatic nitrogens is 2. The lowest BCUT2D eigenvalue weighted by Gasteiger charge is -2.11. The van der Waals surface area contributed by atoms with Gasteiger partial charge in [-0.25, -0.2) is 13.9 Å². The van der Waals surface area contributed by atoms with Crippen molar-refractivity contribution < 1.29 is 9.18 Å². The highest BCUT2D eigenvalue weighted by molar-refractivity contribution is 5.89. The maximum Gasteiger partial charge on any atom is 0.319 e. The van der Waals surface area contributed by atoms with Gasteiger partial charge in [0.25, 0.3) is 5.56 Å². The number of amides is 2. The SMILES string of the molecule is C#CCn1nc(CNC(=O)Nc2ccc(F)cc2)c2ccccc2c1=O. The van der Waals surface area contributed by atoms with Crippen LogP contribution in [0.5, 0.6) is 0 Å². The van der Waals surface area contributed by atoms with E-state index in [-0.39, 0.29) is 24.5 Å². The summed E-state index contributed by atoms with van der Waals surface area (Å²) in [4.78, 5) is 24.4. The van der Waals surface area contributed by atoms with Crippen LogP contribution in [0.15, 0.2) is 53.3 Å². The van der Waals surface area contributed by atoms with Crippen LogP contribution in [0.4, 0.5) is 14.9 Å². The summed E-state index contributed by atoms with van der Waals surface area (Å²) in [7, 11) is 0. The highest BCUT2D eigenvalue weighted by Gasteiger charge is 2.11. The van der Waals surface area contributed by atoms with Gasteiger partial charge in [0, 0.05) is 11.1 Å². The monoisotopic (exact) mass is 350 g/mol. The molecule has 0 saturated carbocycles. The van der Waals surface area contributed by atoms with Crippen LogP contribution >= 0.6 is 0 Å². The van der Waals surface area contributed by atoms with Gasteiger partial charge >= 0.3 is 6.03 Å². The van der Waals surface area contributed by atoms with Crippen LogP contribution in [0.25, 0.3) is 10.8 Å². The summed E-state index contributed by atoms with van der Waals surface area (Å²) < 4.78 is 14.1. The summed E-state index contributed by atoms with van der Waals surface area (Å²) in [5, 5.41) is 10.6. The first-order valence-electron chi connectivity index (χ1n) is 7.81. The van der Waals surface area contributed by atoms with Gasteiger partial charge in [0.1, 0.15) is 12.4 Å². The zero-order valence-corrected chi connectivity index (χ0v) is 13.7. The van der Waals surface area contributed by atoms with Crippen molar-refractivity contribution in [3.05, 3.63) is 70.4 Å². The van der Waals surface area contributed by atoms with Crippen molar-refractivity contribution in [3.63, 3.8) is 0 Å². The van der Waals surface area contributed by atoms with E-state index in [1.165, 1.54) is 28.9 Å². The number of nitrogens with one attached hydrogen (secondary N) is 2. The minimum absolute atomic E-state index is 0.0401. The Morgan fingerprint density at radius 1 is 1.15 bits per heavy atom. The molecule has 2 N–H and O–H groups in total. The van der Waals surface area contributed by atoms with Gasteiger partial charge in [0.15, 0.2) is 0 Å². The molecule has 0 aliphatic carbocycles. The molecule has 7 heteroatoms. The van der Waals surface area contributed by atoms with Crippen molar-refractivity contribution in [3.8, 4) is 12.3 Å². The van der Waals surface area contributed by atoms with Gasteiger partial charge in [0.05, 0.1) is 17.6 Å². The Labute approximate surface area is 148 Å². The van der Waals surface area contributed by atoms with Gasteiger partial charge < -0.3 is 10.6 Å². The minimum atomic E-state index is -0.475. The van der Waals surface area contributed by atoms with Gasteiger partial charge in [-0.05, 0) is 30.3 Å².